The van der Waals surface area contributed by atoms with Gasteiger partial charge < -0.3 is 20.1 Å². The summed E-state index contributed by atoms with van der Waals surface area (Å²) in [7, 11) is 1.60. The van der Waals surface area contributed by atoms with E-state index in [-0.39, 0.29) is 19.2 Å². The zero-order valence-electron chi connectivity index (χ0n) is 14.4. The summed E-state index contributed by atoms with van der Waals surface area (Å²) in [6.45, 7) is 4.48. The Hall–Kier alpha value is -2.53. The molecular formula is C19H24N2O3. The number of nitrogens with zero attached hydrogens (tertiary/aromatic N) is 1. The summed E-state index contributed by atoms with van der Waals surface area (Å²) in [6.07, 6.45) is 0. The van der Waals surface area contributed by atoms with E-state index < -0.39 is 0 Å². The minimum absolute atomic E-state index is 0.102. The number of rotatable bonds is 6. The van der Waals surface area contributed by atoms with E-state index in [1.165, 1.54) is 0 Å². The van der Waals surface area contributed by atoms with Crippen molar-refractivity contribution in [2.45, 2.75) is 20.4 Å². The first-order chi connectivity index (χ1) is 11.5. The molecule has 0 saturated heterocycles. The van der Waals surface area contributed by atoms with Gasteiger partial charge in [-0.25, -0.2) is 4.79 Å². The van der Waals surface area contributed by atoms with Crippen molar-refractivity contribution in [1.29, 1.82) is 0 Å². The number of carbonyl (C=O) groups excluding carboxylic acids is 1. The number of para-hydroxylation sites is 1. The van der Waals surface area contributed by atoms with Gasteiger partial charge in [0.1, 0.15) is 5.75 Å². The molecule has 0 spiro atoms. The highest BCUT2D eigenvalue weighted by Crippen LogP contribution is 2.20. The molecule has 0 atom stereocenters. The van der Waals surface area contributed by atoms with Gasteiger partial charge in [0.25, 0.3) is 0 Å². The molecule has 0 heterocycles. The van der Waals surface area contributed by atoms with Crippen LogP contribution in [0.4, 0.5) is 10.5 Å². The SMILES string of the molecule is COc1ccccc1CN(CCO)C(=O)Nc1cc(C)cc(C)c1. The van der Waals surface area contributed by atoms with Gasteiger partial charge in [-0.1, -0.05) is 24.3 Å². The summed E-state index contributed by atoms with van der Waals surface area (Å²) in [5.41, 5.74) is 3.82. The number of hydrogen-bond donors (Lipinski definition) is 2. The minimum Gasteiger partial charge on any atom is -0.496 e. The quantitative estimate of drug-likeness (QED) is 0.855. The van der Waals surface area contributed by atoms with E-state index in [0.717, 1.165) is 28.1 Å². The van der Waals surface area contributed by atoms with Gasteiger partial charge in [0.15, 0.2) is 0 Å². The van der Waals surface area contributed by atoms with Crippen molar-refractivity contribution >= 4 is 11.7 Å². The standard InChI is InChI=1S/C19H24N2O3/c1-14-10-15(2)12-17(11-14)20-19(23)21(8-9-22)13-16-6-4-5-7-18(16)24-3/h4-7,10-12,22H,8-9,13H2,1-3H3,(H,20,23). The second-order valence-electron chi connectivity index (χ2n) is 5.76. The summed E-state index contributed by atoms with van der Waals surface area (Å²) in [4.78, 5) is 14.2. The number of ether oxygens (including phenoxy) is 1. The molecule has 0 unspecified atom stereocenters. The zero-order chi connectivity index (χ0) is 17.5. The third kappa shape index (κ3) is 4.73. The molecule has 2 aromatic carbocycles. The Balaban J connectivity index is 2.15. The molecule has 128 valence electrons. The molecule has 0 saturated carbocycles. The summed E-state index contributed by atoms with van der Waals surface area (Å²) in [5.74, 6) is 0.722. The number of amides is 2. The first-order valence-electron chi connectivity index (χ1n) is 7.90. The molecule has 5 heteroatoms. The van der Waals surface area contributed by atoms with Crippen molar-refractivity contribution in [3.63, 3.8) is 0 Å². The molecule has 0 bridgehead atoms. The summed E-state index contributed by atoms with van der Waals surface area (Å²) in [5, 5.41) is 12.2. The van der Waals surface area contributed by atoms with Crippen LogP contribution in [0.1, 0.15) is 16.7 Å². The number of benzene rings is 2. The van der Waals surface area contributed by atoms with Crippen molar-refractivity contribution < 1.29 is 14.6 Å². The van der Waals surface area contributed by atoms with Crippen LogP contribution < -0.4 is 10.1 Å². The van der Waals surface area contributed by atoms with E-state index in [2.05, 4.69) is 11.4 Å². The monoisotopic (exact) mass is 328 g/mol. The van der Waals surface area contributed by atoms with Gasteiger partial charge in [-0.15, -0.1) is 0 Å². The minimum atomic E-state index is -0.250. The molecule has 24 heavy (non-hydrogen) atoms. The summed E-state index contributed by atoms with van der Waals surface area (Å²) >= 11 is 0. The van der Waals surface area contributed by atoms with Gasteiger partial charge in [-0.3, -0.25) is 0 Å². The molecule has 2 aromatic rings. The molecule has 2 rings (SSSR count). The van der Waals surface area contributed by atoms with E-state index in [1.807, 2.05) is 50.2 Å². The first kappa shape index (κ1) is 17.8. The Kier molecular flexibility index (Phi) is 6.21. The Morgan fingerprint density at radius 1 is 1.17 bits per heavy atom. The average molecular weight is 328 g/mol. The third-order valence-corrected chi connectivity index (χ3v) is 3.68. The van der Waals surface area contributed by atoms with Crippen molar-refractivity contribution in [3.05, 3.63) is 59.2 Å². The highest BCUT2D eigenvalue weighted by atomic mass is 16.5. The van der Waals surface area contributed by atoms with Crippen molar-refractivity contribution in [1.82, 2.24) is 4.90 Å². The Labute approximate surface area is 142 Å². The Bertz CT molecular complexity index is 681. The number of urea groups is 1. The summed E-state index contributed by atoms with van der Waals surface area (Å²) in [6, 6.07) is 13.2. The molecule has 0 aliphatic rings. The van der Waals surface area contributed by atoms with Crippen LogP contribution in [0.25, 0.3) is 0 Å². The van der Waals surface area contributed by atoms with Crippen LogP contribution in [0.2, 0.25) is 0 Å². The van der Waals surface area contributed by atoms with Crippen molar-refractivity contribution in [3.8, 4) is 5.75 Å². The normalized spacial score (nSPS) is 10.3. The number of methoxy groups -OCH3 is 1. The highest BCUT2D eigenvalue weighted by Gasteiger charge is 2.16. The topological polar surface area (TPSA) is 61.8 Å². The highest BCUT2D eigenvalue weighted by molar-refractivity contribution is 5.89. The zero-order valence-corrected chi connectivity index (χ0v) is 14.4. The third-order valence-electron chi connectivity index (χ3n) is 3.68. The lowest BCUT2D eigenvalue weighted by atomic mass is 10.1. The van der Waals surface area contributed by atoms with Crippen LogP contribution in [0.5, 0.6) is 5.75 Å². The second kappa shape index (κ2) is 8.36. The van der Waals surface area contributed by atoms with Crippen LogP contribution in [-0.4, -0.2) is 36.3 Å². The second-order valence-corrected chi connectivity index (χ2v) is 5.76. The van der Waals surface area contributed by atoms with Gasteiger partial charge in [-0.05, 0) is 43.2 Å². The van der Waals surface area contributed by atoms with E-state index in [0.29, 0.717) is 6.54 Å². The lowest BCUT2D eigenvalue weighted by Gasteiger charge is -2.23. The Morgan fingerprint density at radius 3 is 2.46 bits per heavy atom. The maximum Gasteiger partial charge on any atom is 0.322 e. The maximum atomic E-state index is 12.6. The molecule has 0 fully saturated rings. The fraction of sp³-hybridized carbons (Fsp3) is 0.316. The van der Waals surface area contributed by atoms with Crippen LogP contribution in [0.3, 0.4) is 0 Å². The lowest BCUT2D eigenvalue weighted by molar-refractivity contribution is 0.184. The van der Waals surface area contributed by atoms with Crippen molar-refractivity contribution in [2.24, 2.45) is 0 Å². The molecule has 0 aromatic heterocycles. The number of aliphatic hydroxyl groups excluding tert-OH is 1. The van der Waals surface area contributed by atoms with Gasteiger partial charge >= 0.3 is 6.03 Å². The maximum absolute atomic E-state index is 12.6. The first-order valence-corrected chi connectivity index (χ1v) is 7.90. The molecule has 0 aliphatic carbocycles. The van der Waals surface area contributed by atoms with E-state index in [9.17, 15) is 9.90 Å². The smallest absolute Gasteiger partial charge is 0.322 e. The summed E-state index contributed by atoms with van der Waals surface area (Å²) < 4.78 is 5.33. The predicted octanol–water partition coefficient (Wildman–Crippen LogP) is 3.34. The number of aryl methyl sites for hydroxylation is 2. The largest absolute Gasteiger partial charge is 0.496 e. The number of carbonyl (C=O) groups is 1. The predicted molar refractivity (Wildman–Crippen MR) is 95.4 cm³/mol. The number of nitrogens with one attached hydrogen (secondary N) is 1. The van der Waals surface area contributed by atoms with Crippen molar-refractivity contribution in [2.75, 3.05) is 25.6 Å². The van der Waals surface area contributed by atoms with Gasteiger partial charge in [0, 0.05) is 17.8 Å². The van der Waals surface area contributed by atoms with Gasteiger partial charge in [-0.2, -0.15) is 0 Å². The number of hydrogen-bond acceptors (Lipinski definition) is 3. The van der Waals surface area contributed by atoms with Gasteiger partial charge in [0.05, 0.1) is 20.3 Å². The average Bonchev–Trinajstić information content (AvgIpc) is 2.54. The van der Waals surface area contributed by atoms with E-state index in [4.69, 9.17) is 4.74 Å². The number of aliphatic hydroxyl groups is 1. The Morgan fingerprint density at radius 2 is 1.83 bits per heavy atom. The molecular weight excluding hydrogens is 304 g/mol. The number of anilines is 1. The van der Waals surface area contributed by atoms with E-state index >= 15 is 0 Å². The molecule has 5 nitrogen and oxygen atoms in total. The van der Waals surface area contributed by atoms with Crippen LogP contribution >= 0.6 is 0 Å². The molecule has 0 radical (unpaired) electrons. The lowest BCUT2D eigenvalue weighted by Crippen LogP contribution is -2.36. The van der Waals surface area contributed by atoms with E-state index in [1.54, 1.807) is 12.0 Å². The van der Waals surface area contributed by atoms with Gasteiger partial charge in [0.2, 0.25) is 0 Å². The van der Waals surface area contributed by atoms with Crippen LogP contribution in [0.15, 0.2) is 42.5 Å². The fourth-order valence-corrected chi connectivity index (χ4v) is 2.66. The molecule has 0 aliphatic heterocycles. The fourth-order valence-electron chi connectivity index (χ4n) is 2.66. The van der Waals surface area contributed by atoms with Crippen LogP contribution in [-0.2, 0) is 6.54 Å². The molecule has 2 N–H and O–H groups in total. The van der Waals surface area contributed by atoms with Crippen LogP contribution in [0, 0.1) is 13.8 Å². The molecule has 2 amide bonds.